The second kappa shape index (κ2) is 7.78. The van der Waals surface area contributed by atoms with Gasteiger partial charge in [-0.1, -0.05) is 48.5 Å². The Morgan fingerprint density at radius 3 is 2.32 bits per heavy atom. The van der Waals surface area contributed by atoms with Crippen LogP contribution in [-0.2, 0) is 21.4 Å². The van der Waals surface area contributed by atoms with Crippen molar-refractivity contribution in [2.75, 3.05) is 13.1 Å². The lowest BCUT2D eigenvalue weighted by Gasteiger charge is -2.38. The molecule has 0 N–H and O–H groups in total. The first-order chi connectivity index (χ1) is 13.5. The van der Waals surface area contributed by atoms with E-state index < -0.39 is 10.0 Å². The molecule has 6 heteroatoms. The minimum atomic E-state index is -3.55. The van der Waals surface area contributed by atoms with E-state index in [0.29, 0.717) is 4.90 Å². The SMILES string of the molecule is CC(=O)C[C@H]1c2ccccc2S(=O)(=O)N1C1CCN(Cc2ccccc2)CC1. The molecule has 2 aliphatic heterocycles. The molecule has 1 saturated heterocycles. The molecule has 0 saturated carbocycles. The predicted octanol–water partition coefficient (Wildman–Crippen LogP) is 3.38. The van der Waals surface area contributed by atoms with Gasteiger partial charge in [-0.3, -0.25) is 9.69 Å². The summed E-state index contributed by atoms with van der Waals surface area (Å²) in [5.74, 6) is 0.0171. The third kappa shape index (κ3) is 3.64. The van der Waals surface area contributed by atoms with Crippen LogP contribution in [0.2, 0.25) is 0 Å². The largest absolute Gasteiger partial charge is 0.300 e. The number of hydrogen-bond donors (Lipinski definition) is 0. The van der Waals surface area contributed by atoms with Gasteiger partial charge in [-0.2, -0.15) is 4.31 Å². The van der Waals surface area contributed by atoms with Crippen molar-refractivity contribution in [2.24, 2.45) is 0 Å². The van der Waals surface area contributed by atoms with E-state index in [9.17, 15) is 13.2 Å². The molecule has 0 aromatic heterocycles. The van der Waals surface area contributed by atoms with Crippen LogP contribution in [0.4, 0.5) is 0 Å². The molecule has 4 rings (SSSR count). The van der Waals surface area contributed by atoms with Gasteiger partial charge in [0.15, 0.2) is 0 Å². The fourth-order valence-electron chi connectivity index (χ4n) is 4.51. The first-order valence-electron chi connectivity index (χ1n) is 9.85. The van der Waals surface area contributed by atoms with Crippen molar-refractivity contribution in [3.8, 4) is 0 Å². The number of rotatable bonds is 5. The molecule has 2 aromatic rings. The molecule has 2 aromatic carbocycles. The second-order valence-corrected chi connectivity index (χ2v) is 9.60. The third-order valence-corrected chi connectivity index (χ3v) is 7.82. The molecule has 2 aliphatic rings. The number of ketones is 1. The molecule has 0 amide bonds. The van der Waals surface area contributed by atoms with Crippen LogP contribution < -0.4 is 0 Å². The number of fused-ring (bicyclic) bond motifs is 1. The van der Waals surface area contributed by atoms with E-state index in [0.717, 1.165) is 38.0 Å². The molecule has 0 unspecified atom stereocenters. The van der Waals surface area contributed by atoms with Gasteiger partial charge in [0.05, 0.1) is 10.9 Å². The number of likely N-dealkylation sites (tertiary alicyclic amines) is 1. The smallest absolute Gasteiger partial charge is 0.244 e. The summed E-state index contributed by atoms with van der Waals surface area (Å²) in [6.07, 6.45) is 1.81. The lowest BCUT2D eigenvalue weighted by Crippen LogP contribution is -2.46. The highest BCUT2D eigenvalue weighted by Crippen LogP contribution is 2.44. The van der Waals surface area contributed by atoms with Crippen LogP contribution in [0.5, 0.6) is 0 Å². The van der Waals surface area contributed by atoms with Crippen molar-refractivity contribution in [2.45, 2.75) is 49.7 Å². The van der Waals surface area contributed by atoms with Crippen molar-refractivity contribution < 1.29 is 13.2 Å². The van der Waals surface area contributed by atoms with E-state index in [-0.39, 0.29) is 24.3 Å². The molecular formula is C22H26N2O3S. The molecule has 0 radical (unpaired) electrons. The number of hydrogen-bond acceptors (Lipinski definition) is 4. The van der Waals surface area contributed by atoms with Crippen LogP contribution in [0.25, 0.3) is 0 Å². The van der Waals surface area contributed by atoms with Crippen LogP contribution >= 0.6 is 0 Å². The Bertz CT molecular complexity index is 951. The van der Waals surface area contributed by atoms with Gasteiger partial charge in [0, 0.05) is 32.1 Å². The van der Waals surface area contributed by atoms with Crippen molar-refractivity contribution >= 4 is 15.8 Å². The summed E-state index contributed by atoms with van der Waals surface area (Å²) in [6.45, 7) is 4.13. The number of sulfonamides is 1. The fourth-order valence-corrected chi connectivity index (χ4v) is 6.61. The van der Waals surface area contributed by atoms with Crippen LogP contribution in [0, 0.1) is 0 Å². The number of nitrogens with zero attached hydrogens (tertiary/aromatic N) is 2. The Morgan fingerprint density at radius 2 is 1.64 bits per heavy atom. The standard InChI is InChI=1S/C22H26N2O3S/c1-17(25)15-21-20-9-5-6-10-22(20)28(26,27)24(21)19-11-13-23(14-12-19)16-18-7-3-2-4-8-18/h2-10,19,21H,11-16H2,1H3/t21-/m0/s1. The quantitative estimate of drug-likeness (QED) is 0.775. The number of piperidine rings is 1. The van der Waals surface area contributed by atoms with Gasteiger partial charge < -0.3 is 0 Å². The highest BCUT2D eigenvalue weighted by molar-refractivity contribution is 7.89. The van der Waals surface area contributed by atoms with Gasteiger partial charge in [-0.15, -0.1) is 0 Å². The van der Waals surface area contributed by atoms with E-state index >= 15 is 0 Å². The van der Waals surface area contributed by atoms with E-state index in [2.05, 4.69) is 17.0 Å². The lowest BCUT2D eigenvalue weighted by atomic mass is 9.97. The molecule has 28 heavy (non-hydrogen) atoms. The van der Waals surface area contributed by atoms with Gasteiger partial charge in [0.2, 0.25) is 10.0 Å². The fraction of sp³-hybridized carbons (Fsp3) is 0.409. The van der Waals surface area contributed by atoms with Gasteiger partial charge >= 0.3 is 0 Å². The maximum Gasteiger partial charge on any atom is 0.244 e. The van der Waals surface area contributed by atoms with Crippen LogP contribution in [0.1, 0.15) is 43.4 Å². The van der Waals surface area contributed by atoms with Gasteiger partial charge in [0.1, 0.15) is 5.78 Å². The second-order valence-electron chi connectivity index (χ2n) is 7.79. The summed E-state index contributed by atoms with van der Waals surface area (Å²) < 4.78 is 28.1. The molecule has 148 valence electrons. The number of carbonyl (C=O) groups is 1. The molecule has 0 bridgehead atoms. The van der Waals surface area contributed by atoms with Crippen LogP contribution in [0.3, 0.4) is 0 Å². The van der Waals surface area contributed by atoms with Crippen molar-refractivity contribution in [1.29, 1.82) is 0 Å². The molecule has 0 aliphatic carbocycles. The molecular weight excluding hydrogens is 372 g/mol. The van der Waals surface area contributed by atoms with E-state index in [1.165, 1.54) is 12.5 Å². The maximum absolute atomic E-state index is 13.2. The summed E-state index contributed by atoms with van der Waals surface area (Å²) in [5.41, 5.74) is 2.04. The zero-order valence-corrected chi connectivity index (χ0v) is 16.9. The molecule has 5 nitrogen and oxygen atoms in total. The van der Waals surface area contributed by atoms with Crippen LogP contribution in [-0.4, -0.2) is 42.5 Å². The normalized spacial score (nSPS) is 22.8. The molecule has 1 fully saturated rings. The monoisotopic (exact) mass is 398 g/mol. The number of Topliss-reactive ketones (excluding diaryl/α,β-unsaturated/α-hetero) is 1. The third-order valence-electron chi connectivity index (χ3n) is 5.79. The summed E-state index contributed by atoms with van der Waals surface area (Å²) >= 11 is 0. The Kier molecular flexibility index (Phi) is 5.36. The van der Waals surface area contributed by atoms with Gasteiger partial charge in [-0.05, 0) is 37.0 Å². The minimum absolute atomic E-state index is 0.0171. The molecule has 1 atom stereocenters. The Hall–Kier alpha value is -2.02. The van der Waals surface area contributed by atoms with Crippen molar-refractivity contribution in [1.82, 2.24) is 9.21 Å². The van der Waals surface area contributed by atoms with Crippen molar-refractivity contribution in [3.05, 3.63) is 65.7 Å². The summed E-state index contributed by atoms with van der Waals surface area (Å²) in [4.78, 5) is 14.6. The number of benzene rings is 2. The highest BCUT2D eigenvalue weighted by atomic mass is 32.2. The minimum Gasteiger partial charge on any atom is -0.300 e. The summed E-state index contributed by atoms with van der Waals surface area (Å²) in [5, 5.41) is 0. The van der Waals surface area contributed by atoms with E-state index in [4.69, 9.17) is 0 Å². The zero-order chi connectivity index (χ0) is 19.7. The summed E-state index contributed by atoms with van der Waals surface area (Å²) in [7, 11) is -3.55. The zero-order valence-electron chi connectivity index (χ0n) is 16.1. The Morgan fingerprint density at radius 1 is 1.00 bits per heavy atom. The average molecular weight is 399 g/mol. The highest BCUT2D eigenvalue weighted by Gasteiger charge is 2.46. The Labute approximate surface area is 167 Å². The summed E-state index contributed by atoms with van der Waals surface area (Å²) in [6, 6.07) is 17.0. The number of carbonyl (C=O) groups excluding carboxylic acids is 1. The lowest BCUT2D eigenvalue weighted by molar-refractivity contribution is -0.118. The van der Waals surface area contributed by atoms with Gasteiger partial charge in [-0.25, -0.2) is 8.42 Å². The maximum atomic E-state index is 13.2. The van der Waals surface area contributed by atoms with E-state index in [1.807, 2.05) is 30.3 Å². The first-order valence-corrected chi connectivity index (χ1v) is 11.3. The van der Waals surface area contributed by atoms with Gasteiger partial charge in [0.25, 0.3) is 0 Å². The molecule has 2 heterocycles. The molecule has 0 spiro atoms. The predicted molar refractivity (Wildman–Crippen MR) is 108 cm³/mol. The average Bonchev–Trinajstić information content (AvgIpc) is 2.90. The Balaban J connectivity index is 1.52. The van der Waals surface area contributed by atoms with E-state index in [1.54, 1.807) is 16.4 Å². The topological polar surface area (TPSA) is 57.7 Å². The first kappa shape index (κ1) is 19.3. The van der Waals surface area contributed by atoms with Crippen molar-refractivity contribution in [3.63, 3.8) is 0 Å². The van der Waals surface area contributed by atoms with Crippen LogP contribution in [0.15, 0.2) is 59.5 Å².